The number of para-hydroxylation sites is 2. The predicted octanol–water partition coefficient (Wildman–Crippen LogP) is 3.49. The second-order valence-electron chi connectivity index (χ2n) is 7.11. The maximum absolute atomic E-state index is 12.2. The fourth-order valence-electron chi connectivity index (χ4n) is 4.06. The Bertz CT molecular complexity index is 672. The molecule has 1 amide bonds. The molecule has 1 aliphatic carbocycles. The zero-order chi connectivity index (χ0) is 16.4. The highest BCUT2D eigenvalue weighted by molar-refractivity contribution is 5.76. The van der Waals surface area contributed by atoms with E-state index in [-0.39, 0.29) is 11.9 Å². The Morgan fingerprint density at radius 3 is 2.88 bits per heavy atom. The van der Waals surface area contributed by atoms with Gasteiger partial charge in [0.15, 0.2) is 5.58 Å². The summed E-state index contributed by atoms with van der Waals surface area (Å²) in [5.74, 6) is 0.799. The molecule has 24 heavy (non-hydrogen) atoms. The minimum atomic E-state index is 0.200. The van der Waals surface area contributed by atoms with E-state index in [1.165, 1.54) is 25.7 Å². The van der Waals surface area contributed by atoms with Gasteiger partial charge in [0, 0.05) is 19.5 Å². The van der Waals surface area contributed by atoms with Crippen molar-refractivity contribution in [1.29, 1.82) is 0 Å². The fourth-order valence-corrected chi connectivity index (χ4v) is 4.06. The van der Waals surface area contributed by atoms with Crippen molar-refractivity contribution in [2.45, 2.75) is 51.0 Å². The molecule has 0 radical (unpaired) electrons. The van der Waals surface area contributed by atoms with Gasteiger partial charge in [0.25, 0.3) is 6.01 Å². The van der Waals surface area contributed by atoms with Crippen LogP contribution in [-0.4, -0.2) is 30.0 Å². The van der Waals surface area contributed by atoms with Crippen LogP contribution >= 0.6 is 0 Å². The molecule has 128 valence electrons. The highest BCUT2D eigenvalue weighted by Gasteiger charge is 2.29. The SMILES string of the molecule is O=C(CC1CCCC1)NCC1CCCN1c1nc2ccccc2o1. The lowest BCUT2D eigenvalue weighted by molar-refractivity contribution is -0.122. The second kappa shape index (κ2) is 6.83. The highest BCUT2D eigenvalue weighted by atomic mass is 16.4. The summed E-state index contributed by atoms with van der Waals surface area (Å²) in [4.78, 5) is 19.0. The van der Waals surface area contributed by atoms with Gasteiger partial charge in [0.1, 0.15) is 5.52 Å². The van der Waals surface area contributed by atoms with Gasteiger partial charge in [0.05, 0.1) is 6.04 Å². The van der Waals surface area contributed by atoms with E-state index in [1.807, 2.05) is 24.3 Å². The molecule has 1 aliphatic heterocycles. The molecule has 0 spiro atoms. The van der Waals surface area contributed by atoms with E-state index in [0.717, 1.165) is 30.5 Å². The van der Waals surface area contributed by atoms with Gasteiger partial charge in [-0.2, -0.15) is 4.98 Å². The molecule has 2 aliphatic rings. The summed E-state index contributed by atoms with van der Waals surface area (Å²) in [6, 6.07) is 8.81. The first-order chi connectivity index (χ1) is 11.8. The number of amides is 1. The van der Waals surface area contributed by atoms with Gasteiger partial charge in [-0.05, 0) is 43.7 Å². The van der Waals surface area contributed by atoms with Crippen LogP contribution in [0.15, 0.2) is 28.7 Å². The third kappa shape index (κ3) is 3.25. The number of nitrogens with zero attached hydrogens (tertiary/aromatic N) is 2. The minimum absolute atomic E-state index is 0.200. The van der Waals surface area contributed by atoms with E-state index >= 15 is 0 Å². The summed E-state index contributed by atoms with van der Waals surface area (Å²) in [7, 11) is 0. The van der Waals surface area contributed by atoms with Crippen LogP contribution < -0.4 is 10.2 Å². The lowest BCUT2D eigenvalue weighted by Crippen LogP contribution is -2.40. The number of aromatic nitrogens is 1. The van der Waals surface area contributed by atoms with Crippen molar-refractivity contribution in [1.82, 2.24) is 10.3 Å². The van der Waals surface area contributed by atoms with E-state index in [4.69, 9.17) is 4.42 Å². The number of carbonyl (C=O) groups is 1. The molecule has 4 rings (SSSR count). The molecule has 0 bridgehead atoms. The number of hydrogen-bond donors (Lipinski definition) is 1. The monoisotopic (exact) mass is 327 g/mol. The zero-order valence-electron chi connectivity index (χ0n) is 14.0. The number of rotatable bonds is 5. The van der Waals surface area contributed by atoms with Crippen molar-refractivity contribution in [3.05, 3.63) is 24.3 Å². The Balaban J connectivity index is 1.36. The van der Waals surface area contributed by atoms with Gasteiger partial charge < -0.3 is 14.6 Å². The third-order valence-electron chi connectivity index (χ3n) is 5.39. The van der Waals surface area contributed by atoms with Crippen molar-refractivity contribution in [3.8, 4) is 0 Å². The van der Waals surface area contributed by atoms with Crippen LogP contribution in [0.1, 0.15) is 44.9 Å². The smallest absolute Gasteiger partial charge is 0.298 e. The molecular weight excluding hydrogens is 302 g/mol. The van der Waals surface area contributed by atoms with E-state index in [0.29, 0.717) is 24.9 Å². The van der Waals surface area contributed by atoms with Crippen LogP contribution in [0.25, 0.3) is 11.1 Å². The van der Waals surface area contributed by atoms with Crippen LogP contribution in [0.3, 0.4) is 0 Å². The molecule has 1 atom stereocenters. The number of fused-ring (bicyclic) bond motifs is 1. The molecule has 2 fully saturated rings. The summed E-state index contributed by atoms with van der Waals surface area (Å²) in [5.41, 5.74) is 1.71. The molecule has 1 aromatic heterocycles. The summed E-state index contributed by atoms with van der Waals surface area (Å²) in [5, 5.41) is 3.13. The van der Waals surface area contributed by atoms with E-state index in [1.54, 1.807) is 0 Å². The van der Waals surface area contributed by atoms with Crippen molar-refractivity contribution in [3.63, 3.8) is 0 Å². The van der Waals surface area contributed by atoms with Gasteiger partial charge in [-0.15, -0.1) is 0 Å². The molecule has 1 N–H and O–H groups in total. The number of nitrogens with one attached hydrogen (secondary N) is 1. The van der Waals surface area contributed by atoms with Crippen LogP contribution in [-0.2, 0) is 4.79 Å². The summed E-state index contributed by atoms with van der Waals surface area (Å²) in [6.45, 7) is 1.63. The first kappa shape index (κ1) is 15.5. The Kier molecular flexibility index (Phi) is 4.41. The van der Waals surface area contributed by atoms with Gasteiger partial charge in [-0.3, -0.25) is 4.79 Å². The largest absolute Gasteiger partial charge is 0.423 e. The average molecular weight is 327 g/mol. The highest BCUT2D eigenvalue weighted by Crippen LogP contribution is 2.29. The summed E-state index contributed by atoms with van der Waals surface area (Å²) < 4.78 is 5.90. The third-order valence-corrected chi connectivity index (χ3v) is 5.39. The Labute approximate surface area is 142 Å². The number of oxazole rings is 1. The molecule has 1 aromatic carbocycles. The zero-order valence-corrected chi connectivity index (χ0v) is 14.0. The number of carbonyl (C=O) groups excluding carboxylic acids is 1. The fraction of sp³-hybridized carbons (Fsp3) is 0.579. The standard InChI is InChI=1S/C19H25N3O2/c23-18(12-14-6-1-2-7-14)20-13-15-8-5-11-22(15)19-21-16-9-3-4-10-17(16)24-19/h3-4,9-10,14-15H,1-2,5-8,11-13H2,(H,20,23). The van der Waals surface area contributed by atoms with Gasteiger partial charge in [-0.25, -0.2) is 0 Å². The lowest BCUT2D eigenvalue weighted by atomic mass is 10.0. The van der Waals surface area contributed by atoms with E-state index < -0.39 is 0 Å². The quantitative estimate of drug-likeness (QED) is 0.913. The molecule has 1 unspecified atom stereocenters. The van der Waals surface area contributed by atoms with Gasteiger partial charge in [-0.1, -0.05) is 25.0 Å². The molecule has 1 saturated carbocycles. The van der Waals surface area contributed by atoms with Crippen LogP contribution in [0.2, 0.25) is 0 Å². The lowest BCUT2D eigenvalue weighted by Gasteiger charge is -2.23. The Hall–Kier alpha value is -2.04. The van der Waals surface area contributed by atoms with Gasteiger partial charge >= 0.3 is 0 Å². The molecule has 2 aromatic rings. The average Bonchev–Trinajstić information content (AvgIpc) is 3.32. The van der Waals surface area contributed by atoms with Crippen molar-refractivity contribution in [2.24, 2.45) is 5.92 Å². The topological polar surface area (TPSA) is 58.4 Å². The maximum atomic E-state index is 12.2. The number of anilines is 1. The van der Waals surface area contributed by atoms with Crippen LogP contribution in [0.5, 0.6) is 0 Å². The summed E-state index contributed by atoms with van der Waals surface area (Å²) in [6.07, 6.45) is 7.87. The second-order valence-corrected chi connectivity index (χ2v) is 7.11. The number of hydrogen-bond acceptors (Lipinski definition) is 4. The first-order valence-corrected chi connectivity index (χ1v) is 9.18. The first-order valence-electron chi connectivity index (χ1n) is 9.18. The Morgan fingerprint density at radius 1 is 1.21 bits per heavy atom. The van der Waals surface area contributed by atoms with Crippen molar-refractivity contribution < 1.29 is 9.21 Å². The molecule has 5 heteroatoms. The summed E-state index contributed by atoms with van der Waals surface area (Å²) >= 11 is 0. The van der Waals surface area contributed by atoms with Gasteiger partial charge in [0.2, 0.25) is 5.91 Å². The van der Waals surface area contributed by atoms with E-state index in [2.05, 4.69) is 15.2 Å². The normalized spacial score (nSPS) is 21.7. The minimum Gasteiger partial charge on any atom is -0.423 e. The van der Waals surface area contributed by atoms with E-state index in [9.17, 15) is 4.79 Å². The van der Waals surface area contributed by atoms with Crippen molar-refractivity contribution >= 4 is 23.0 Å². The molecule has 1 saturated heterocycles. The van der Waals surface area contributed by atoms with Crippen molar-refractivity contribution in [2.75, 3.05) is 18.0 Å². The van der Waals surface area contributed by atoms with Crippen LogP contribution in [0, 0.1) is 5.92 Å². The molecular formula is C19H25N3O2. The predicted molar refractivity (Wildman–Crippen MR) is 94.0 cm³/mol. The maximum Gasteiger partial charge on any atom is 0.298 e. The number of benzene rings is 1. The molecule has 5 nitrogen and oxygen atoms in total. The Morgan fingerprint density at radius 2 is 2.04 bits per heavy atom. The van der Waals surface area contributed by atoms with Crippen LogP contribution in [0.4, 0.5) is 6.01 Å². The molecule has 2 heterocycles.